The molecule has 6 nitrogen and oxygen atoms in total. The molecule has 0 amide bonds. The van der Waals surface area contributed by atoms with Gasteiger partial charge in [0.2, 0.25) is 5.76 Å². The minimum absolute atomic E-state index is 0.102. The number of carbonyl (C=O) groups is 1. The molecule has 0 aromatic carbocycles. The highest BCUT2D eigenvalue weighted by molar-refractivity contribution is 5.89. The Balaban J connectivity index is 2.17. The summed E-state index contributed by atoms with van der Waals surface area (Å²) >= 11 is 0. The van der Waals surface area contributed by atoms with Gasteiger partial charge in [-0.1, -0.05) is 0 Å². The maximum absolute atomic E-state index is 11.0. The molecule has 0 aliphatic carbocycles. The van der Waals surface area contributed by atoms with Gasteiger partial charge in [-0.3, -0.25) is 0 Å². The zero-order chi connectivity index (χ0) is 10.1. The predicted molar refractivity (Wildman–Crippen MR) is 42.2 cm³/mol. The third kappa shape index (κ3) is 1.32. The van der Waals surface area contributed by atoms with Gasteiger partial charge < -0.3 is 24.1 Å². The van der Waals surface area contributed by atoms with Gasteiger partial charge in [0.25, 0.3) is 0 Å². The molecule has 14 heavy (non-hydrogen) atoms. The minimum Gasteiger partial charge on any atom is -0.499 e. The molecule has 6 heteroatoms. The molecule has 1 saturated heterocycles. The molecule has 0 bridgehead atoms. The van der Waals surface area contributed by atoms with Crippen LogP contribution < -0.4 is 0 Å². The maximum atomic E-state index is 11.0. The van der Waals surface area contributed by atoms with Gasteiger partial charge in [-0.15, -0.1) is 0 Å². The van der Waals surface area contributed by atoms with E-state index in [1.807, 2.05) is 0 Å². The van der Waals surface area contributed by atoms with E-state index in [0.29, 0.717) is 6.61 Å². The number of ether oxygens (including phenoxy) is 4. The summed E-state index contributed by atoms with van der Waals surface area (Å²) in [4.78, 5) is 11.0. The number of rotatable bonds is 2. The highest BCUT2D eigenvalue weighted by Crippen LogP contribution is 2.27. The molecule has 2 aliphatic rings. The van der Waals surface area contributed by atoms with E-state index in [9.17, 15) is 9.90 Å². The lowest BCUT2D eigenvalue weighted by Crippen LogP contribution is -2.31. The van der Waals surface area contributed by atoms with Gasteiger partial charge in [-0.25, -0.2) is 4.79 Å². The minimum atomic E-state index is -0.789. The van der Waals surface area contributed by atoms with Gasteiger partial charge in [0.15, 0.2) is 11.9 Å². The van der Waals surface area contributed by atoms with Gasteiger partial charge in [0, 0.05) is 0 Å². The van der Waals surface area contributed by atoms with Crippen molar-refractivity contribution in [1.29, 1.82) is 0 Å². The third-order valence-corrected chi connectivity index (χ3v) is 2.12. The average molecular weight is 202 g/mol. The molecule has 0 radical (unpaired) electrons. The van der Waals surface area contributed by atoms with Crippen LogP contribution in [0.1, 0.15) is 0 Å². The van der Waals surface area contributed by atoms with Crippen molar-refractivity contribution in [2.45, 2.75) is 12.2 Å². The third-order valence-electron chi connectivity index (χ3n) is 2.12. The lowest BCUT2D eigenvalue weighted by Gasteiger charge is -2.16. The van der Waals surface area contributed by atoms with Gasteiger partial charge >= 0.3 is 5.97 Å². The van der Waals surface area contributed by atoms with E-state index < -0.39 is 23.9 Å². The van der Waals surface area contributed by atoms with Crippen molar-refractivity contribution >= 4 is 5.97 Å². The van der Waals surface area contributed by atoms with Crippen molar-refractivity contribution in [2.24, 2.45) is 0 Å². The SMILES string of the molecule is COC1=C(O)C(=O)OC1C1COCO1. The Hall–Kier alpha value is -1.27. The number of aliphatic hydroxyl groups excluding tert-OH is 1. The first kappa shape index (κ1) is 9.29. The molecule has 78 valence electrons. The fourth-order valence-corrected chi connectivity index (χ4v) is 1.44. The van der Waals surface area contributed by atoms with Crippen molar-refractivity contribution in [1.82, 2.24) is 0 Å². The Bertz CT molecular complexity index is 278. The molecule has 2 rings (SSSR count). The van der Waals surface area contributed by atoms with Crippen molar-refractivity contribution in [2.75, 3.05) is 20.5 Å². The van der Waals surface area contributed by atoms with Crippen LogP contribution >= 0.6 is 0 Å². The maximum Gasteiger partial charge on any atom is 0.378 e. The molecule has 0 aromatic heterocycles. The van der Waals surface area contributed by atoms with Gasteiger partial charge in [-0.05, 0) is 0 Å². The van der Waals surface area contributed by atoms with E-state index in [1.165, 1.54) is 7.11 Å². The summed E-state index contributed by atoms with van der Waals surface area (Å²) < 4.78 is 19.8. The number of cyclic esters (lactones) is 1. The number of aliphatic hydroxyl groups is 1. The van der Waals surface area contributed by atoms with Crippen LogP contribution in [-0.2, 0) is 23.7 Å². The summed E-state index contributed by atoms with van der Waals surface area (Å²) in [6.45, 7) is 0.481. The monoisotopic (exact) mass is 202 g/mol. The van der Waals surface area contributed by atoms with E-state index in [0.717, 1.165) is 0 Å². The van der Waals surface area contributed by atoms with E-state index in [2.05, 4.69) is 0 Å². The van der Waals surface area contributed by atoms with Crippen LogP contribution in [0.3, 0.4) is 0 Å². The zero-order valence-corrected chi connectivity index (χ0v) is 7.56. The topological polar surface area (TPSA) is 74.2 Å². The van der Waals surface area contributed by atoms with Crippen molar-refractivity contribution in [3.05, 3.63) is 11.5 Å². The normalized spacial score (nSPS) is 32.2. The average Bonchev–Trinajstić information content (AvgIpc) is 2.76. The van der Waals surface area contributed by atoms with Crippen molar-refractivity contribution < 1.29 is 28.8 Å². The molecule has 0 saturated carbocycles. The molecular formula is C8H10O6. The Labute approximate surface area is 80.0 Å². The molecule has 1 fully saturated rings. The van der Waals surface area contributed by atoms with Crippen LogP contribution in [0.5, 0.6) is 0 Å². The Morgan fingerprint density at radius 1 is 1.57 bits per heavy atom. The van der Waals surface area contributed by atoms with Crippen molar-refractivity contribution in [3.63, 3.8) is 0 Å². The van der Waals surface area contributed by atoms with Gasteiger partial charge in [0.05, 0.1) is 13.7 Å². The van der Waals surface area contributed by atoms with Crippen LogP contribution in [0.15, 0.2) is 11.5 Å². The van der Waals surface area contributed by atoms with Crippen LogP contribution in [0, 0.1) is 0 Å². The molecular weight excluding hydrogens is 192 g/mol. The lowest BCUT2D eigenvalue weighted by atomic mass is 10.2. The first-order valence-electron chi connectivity index (χ1n) is 4.11. The van der Waals surface area contributed by atoms with Crippen LogP contribution in [0.2, 0.25) is 0 Å². The van der Waals surface area contributed by atoms with E-state index in [-0.39, 0.29) is 12.6 Å². The molecule has 2 atom stereocenters. The van der Waals surface area contributed by atoms with E-state index in [1.54, 1.807) is 0 Å². The fourth-order valence-electron chi connectivity index (χ4n) is 1.44. The first-order chi connectivity index (χ1) is 6.74. The zero-order valence-electron chi connectivity index (χ0n) is 7.56. The standard InChI is InChI=1S/C8H10O6/c1-11-7-5(9)8(10)14-6(7)4-2-12-3-13-4/h4,6,9H,2-3H2,1H3. The van der Waals surface area contributed by atoms with Crippen LogP contribution in [0.4, 0.5) is 0 Å². The molecule has 0 aromatic rings. The molecule has 2 heterocycles. The van der Waals surface area contributed by atoms with E-state index >= 15 is 0 Å². The summed E-state index contributed by atoms with van der Waals surface area (Å²) in [7, 11) is 1.36. The molecule has 0 spiro atoms. The second kappa shape index (κ2) is 3.47. The Morgan fingerprint density at radius 2 is 2.36 bits per heavy atom. The second-order valence-corrected chi connectivity index (χ2v) is 2.94. The summed E-state index contributed by atoms with van der Waals surface area (Å²) in [5.41, 5.74) is 0. The number of hydrogen-bond acceptors (Lipinski definition) is 6. The molecule has 2 aliphatic heterocycles. The van der Waals surface area contributed by atoms with Crippen LogP contribution in [-0.4, -0.2) is 43.8 Å². The quantitative estimate of drug-likeness (QED) is 0.620. The summed E-state index contributed by atoms with van der Waals surface area (Å²) in [5, 5.41) is 9.27. The fraction of sp³-hybridized carbons (Fsp3) is 0.625. The Morgan fingerprint density at radius 3 is 2.93 bits per heavy atom. The molecule has 2 unspecified atom stereocenters. The number of methoxy groups -OCH3 is 1. The van der Waals surface area contributed by atoms with Gasteiger partial charge in [-0.2, -0.15) is 0 Å². The number of hydrogen-bond donors (Lipinski definition) is 1. The summed E-state index contributed by atoms with van der Waals surface area (Å²) in [5.74, 6) is -1.18. The summed E-state index contributed by atoms with van der Waals surface area (Å²) in [6.07, 6.45) is -1.10. The smallest absolute Gasteiger partial charge is 0.378 e. The number of carbonyl (C=O) groups excluding carboxylic acids is 1. The number of esters is 1. The van der Waals surface area contributed by atoms with Crippen LogP contribution in [0.25, 0.3) is 0 Å². The summed E-state index contributed by atoms with van der Waals surface area (Å²) in [6, 6.07) is 0. The Kier molecular flexibility index (Phi) is 2.30. The second-order valence-electron chi connectivity index (χ2n) is 2.94. The largest absolute Gasteiger partial charge is 0.499 e. The van der Waals surface area contributed by atoms with Gasteiger partial charge in [0.1, 0.15) is 12.9 Å². The molecule has 1 N–H and O–H groups in total. The lowest BCUT2D eigenvalue weighted by molar-refractivity contribution is -0.146. The highest BCUT2D eigenvalue weighted by Gasteiger charge is 2.43. The first-order valence-corrected chi connectivity index (χ1v) is 4.11. The highest BCUT2D eigenvalue weighted by atomic mass is 16.7. The predicted octanol–water partition coefficient (Wildman–Crippen LogP) is -0.299. The van der Waals surface area contributed by atoms with Crippen molar-refractivity contribution in [3.8, 4) is 0 Å². The van der Waals surface area contributed by atoms with E-state index in [4.69, 9.17) is 18.9 Å².